The van der Waals surface area contributed by atoms with Crippen molar-refractivity contribution in [1.82, 2.24) is 9.88 Å². The zero-order chi connectivity index (χ0) is 18.6. The molecule has 7 nitrogen and oxygen atoms in total. The maximum Gasteiger partial charge on any atom is 0.312 e. The molecule has 2 aliphatic heterocycles. The van der Waals surface area contributed by atoms with E-state index in [0.29, 0.717) is 25.9 Å². The summed E-state index contributed by atoms with van der Waals surface area (Å²) in [6, 6.07) is 4.03. The van der Waals surface area contributed by atoms with E-state index in [0.717, 1.165) is 50.7 Å². The Morgan fingerprint density at radius 1 is 1.35 bits per heavy atom. The molecular formula is C19H29N3O4. The second-order valence-electron chi connectivity index (χ2n) is 7.34. The number of aliphatic hydroxyl groups is 1. The Balaban J connectivity index is 1.62. The van der Waals surface area contributed by atoms with Crippen molar-refractivity contribution in [3.8, 4) is 0 Å². The maximum absolute atomic E-state index is 11.7. The third-order valence-corrected chi connectivity index (χ3v) is 5.62. The normalized spacial score (nSPS) is 27.5. The van der Waals surface area contributed by atoms with Crippen LogP contribution < -0.4 is 4.90 Å². The van der Waals surface area contributed by atoms with Crippen LogP contribution in [0, 0.1) is 5.41 Å². The average molecular weight is 363 g/mol. The van der Waals surface area contributed by atoms with Gasteiger partial charge in [0.2, 0.25) is 0 Å². The lowest BCUT2D eigenvalue weighted by molar-refractivity contribution is -0.159. The van der Waals surface area contributed by atoms with Crippen molar-refractivity contribution >= 4 is 11.8 Å². The highest BCUT2D eigenvalue weighted by Crippen LogP contribution is 2.37. The number of carboxylic acids is 1. The Morgan fingerprint density at radius 3 is 2.69 bits per heavy atom. The largest absolute Gasteiger partial charge is 0.481 e. The number of piperidine rings is 1. The molecule has 0 unspecified atom stereocenters. The van der Waals surface area contributed by atoms with E-state index in [4.69, 9.17) is 4.74 Å². The van der Waals surface area contributed by atoms with Crippen molar-refractivity contribution in [3.05, 3.63) is 23.9 Å². The van der Waals surface area contributed by atoms with Crippen LogP contribution in [0.15, 0.2) is 18.3 Å². The topological polar surface area (TPSA) is 86.1 Å². The van der Waals surface area contributed by atoms with Crippen molar-refractivity contribution in [2.24, 2.45) is 5.41 Å². The molecule has 1 aromatic heterocycles. The van der Waals surface area contributed by atoms with Crippen LogP contribution in [-0.2, 0) is 16.1 Å². The Hall–Kier alpha value is -1.70. The number of anilines is 1. The van der Waals surface area contributed by atoms with Gasteiger partial charge in [-0.3, -0.25) is 9.69 Å². The molecule has 3 rings (SSSR count). The quantitative estimate of drug-likeness (QED) is 0.789. The summed E-state index contributed by atoms with van der Waals surface area (Å²) in [7, 11) is 0. The minimum Gasteiger partial charge on any atom is -0.481 e. The molecule has 2 N–H and O–H groups in total. The molecule has 0 spiro atoms. The molecule has 0 saturated carbocycles. The summed E-state index contributed by atoms with van der Waals surface area (Å²) in [6.45, 7) is 7.15. The summed E-state index contributed by atoms with van der Waals surface area (Å²) in [5.41, 5.74) is 0.126. The molecule has 0 amide bonds. The number of pyridine rings is 1. The molecule has 7 heteroatoms. The van der Waals surface area contributed by atoms with Crippen LogP contribution in [0.5, 0.6) is 0 Å². The van der Waals surface area contributed by atoms with Gasteiger partial charge in [0.1, 0.15) is 5.82 Å². The predicted octanol–water partition coefficient (Wildman–Crippen LogP) is 1.36. The van der Waals surface area contributed by atoms with Crippen LogP contribution in [0.2, 0.25) is 0 Å². The predicted molar refractivity (Wildman–Crippen MR) is 98.1 cm³/mol. The highest BCUT2D eigenvalue weighted by atomic mass is 16.5. The molecule has 0 aromatic carbocycles. The fraction of sp³-hybridized carbons (Fsp3) is 0.684. The van der Waals surface area contributed by atoms with Crippen LogP contribution in [-0.4, -0.2) is 71.6 Å². The van der Waals surface area contributed by atoms with E-state index in [1.54, 1.807) is 0 Å². The summed E-state index contributed by atoms with van der Waals surface area (Å²) >= 11 is 0. The molecule has 26 heavy (non-hydrogen) atoms. The van der Waals surface area contributed by atoms with Crippen LogP contribution in [0.3, 0.4) is 0 Å². The highest BCUT2D eigenvalue weighted by molar-refractivity contribution is 5.76. The summed E-state index contributed by atoms with van der Waals surface area (Å²) in [5, 5.41) is 20.2. The minimum absolute atomic E-state index is 0.308. The number of aliphatic hydroxyl groups excluding tert-OH is 1. The number of morpholine rings is 1. The summed E-state index contributed by atoms with van der Waals surface area (Å²) in [6.07, 6.45) is 2.68. The number of rotatable bonds is 6. The second-order valence-corrected chi connectivity index (χ2v) is 7.34. The molecule has 144 valence electrons. The van der Waals surface area contributed by atoms with Gasteiger partial charge in [-0.2, -0.15) is 0 Å². The monoisotopic (exact) mass is 363 g/mol. The first-order valence-electron chi connectivity index (χ1n) is 9.46. The van der Waals surface area contributed by atoms with Gasteiger partial charge in [-0.05, 0) is 24.5 Å². The lowest BCUT2D eigenvalue weighted by Gasteiger charge is -2.43. The first-order valence-corrected chi connectivity index (χ1v) is 9.46. The van der Waals surface area contributed by atoms with E-state index in [1.807, 2.05) is 24.1 Å². The van der Waals surface area contributed by atoms with E-state index < -0.39 is 17.5 Å². The van der Waals surface area contributed by atoms with Gasteiger partial charge in [0.15, 0.2) is 0 Å². The average Bonchev–Trinajstić information content (AvgIpc) is 2.65. The molecule has 2 saturated heterocycles. The standard InChI is InChI=1S/C19H29N3O4/c1-2-5-19(18(24)25)6-7-22(14-16(19)23)17-4-3-15(12-20-17)13-21-8-10-26-11-9-21/h3-4,12,16,23H,2,5-11,13-14H2,1H3,(H,24,25)/t16-,19-/m0/s1. The van der Waals surface area contributed by atoms with Crippen molar-refractivity contribution in [3.63, 3.8) is 0 Å². The maximum atomic E-state index is 11.7. The number of aromatic nitrogens is 1. The van der Waals surface area contributed by atoms with Crippen molar-refractivity contribution in [1.29, 1.82) is 0 Å². The zero-order valence-corrected chi connectivity index (χ0v) is 15.4. The number of aliphatic carboxylic acids is 1. The Kier molecular flexibility index (Phi) is 6.11. The minimum atomic E-state index is -1.03. The number of carbonyl (C=O) groups is 1. The van der Waals surface area contributed by atoms with Gasteiger partial charge in [-0.15, -0.1) is 0 Å². The molecule has 2 atom stereocenters. The van der Waals surface area contributed by atoms with Crippen molar-refractivity contribution < 1.29 is 19.7 Å². The zero-order valence-electron chi connectivity index (χ0n) is 15.4. The van der Waals surface area contributed by atoms with Crippen LogP contribution in [0.25, 0.3) is 0 Å². The van der Waals surface area contributed by atoms with Gasteiger partial charge in [0, 0.05) is 38.9 Å². The van der Waals surface area contributed by atoms with Gasteiger partial charge in [-0.1, -0.05) is 19.4 Å². The highest BCUT2D eigenvalue weighted by Gasteiger charge is 2.48. The number of ether oxygens (including phenoxy) is 1. The molecule has 0 radical (unpaired) electrons. The van der Waals surface area contributed by atoms with Gasteiger partial charge in [0.05, 0.1) is 24.7 Å². The molecular weight excluding hydrogens is 334 g/mol. The molecule has 0 bridgehead atoms. The fourth-order valence-electron chi connectivity index (χ4n) is 3.99. The number of β-amino-alcohol motifs (C(OH)–C–C–N with tert-alkyl or cyclic N) is 1. The lowest BCUT2D eigenvalue weighted by atomic mass is 9.73. The number of nitrogens with zero attached hydrogens (tertiary/aromatic N) is 3. The number of carboxylic acid groups (broad SMARTS) is 1. The van der Waals surface area contributed by atoms with Crippen LogP contribution in [0.1, 0.15) is 31.7 Å². The van der Waals surface area contributed by atoms with Crippen molar-refractivity contribution in [2.45, 2.75) is 38.8 Å². The first kappa shape index (κ1) is 19.1. The second kappa shape index (κ2) is 8.33. The lowest BCUT2D eigenvalue weighted by Crippen LogP contribution is -2.55. The van der Waals surface area contributed by atoms with Gasteiger partial charge in [-0.25, -0.2) is 4.98 Å². The summed E-state index contributed by atoms with van der Waals surface area (Å²) in [4.78, 5) is 20.6. The van der Waals surface area contributed by atoms with Gasteiger partial charge < -0.3 is 19.8 Å². The van der Waals surface area contributed by atoms with E-state index >= 15 is 0 Å². The Morgan fingerprint density at radius 2 is 2.12 bits per heavy atom. The molecule has 3 heterocycles. The molecule has 0 aliphatic carbocycles. The van der Waals surface area contributed by atoms with E-state index in [2.05, 4.69) is 16.0 Å². The van der Waals surface area contributed by atoms with Gasteiger partial charge in [0.25, 0.3) is 0 Å². The van der Waals surface area contributed by atoms with Crippen LogP contribution in [0.4, 0.5) is 5.82 Å². The fourth-order valence-corrected chi connectivity index (χ4v) is 3.99. The van der Waals surface area contributed by atoms with E-state index in [1.165, 1.54) is 0 Å². The Labute approximate surface area is 154 Å². The van der Waals surface area contributed by atoms with Gasteiger partial charge >= 0.3 is 5.97 Å². The van der Waals surface area contributed by atoms with Crippen molar-refractivity contribution in [2.75, 3.05) is 44.3 Å². The third-order valence-electron chi connectivity index (χ3n) is 5.62. The molecule has 2 fully saturated rings. The summed E-state index contributed by atoms with van der Waals surface area (Å²) in [5.74, 6) is -0.0921. The van der Waals surface area contributed by atoms with E-state index in [9.17, 15) is 15.0 Å². The molecule has 1 aromatic rings. The smallest absolute Gasteiger partial charge is 0.312 e. The van der Waals surface area contributed by atoms with E-state index in [-0.39, 0.29) is 0 Å². The van der Waals surface area contributed by atoms with Crippen LogP contribution >= 0.6 is 0 Å². The first-order chi connectivity index (χ1) is 12.5. The number of hydrogen-bond acceptors (Lipinski definition) is 6. The molecule has 2 aliphatic rings. The Bertz CT molecular complexity index is 603. The summed E-state index contributed by atoms with van der Waals surface area (Å²) < 4.78 is 5.37. The SMILES string of the molecule is CCC[C@]1(C(=O)O)CCN(c2ccc(CN3CCOCC3)cn2)C[C@@H]1O. The number of hydrogen-bond donors (Lipinski definition) is 2. The third kappa shape index (κ3) is 4.00.